The van der Waals surface area contributed by atoms with Crippen molar-refractivity contribution in [1.29, 1.82) is 0 Å². The Morgan fingerprint density at radius 3 is 1.74 bits per heavy atom. The van der Waals surface area contributed by atoms with E-state index in [0.29, 0.717) is 5.69 Å². The average Bonchev–Trinajstić information content (AvgIpc) is 2.89. The zero-order valence-corrected chi connectivity index (χ0v) is 24.5. The molecule has 0 atom stereocenters. The molecular formula is C32H29F2N3Pt. The van der Waals surface area contributed by atoms with Gasteiger partial charge >= 0.3 is 21.1 Å². The van der Waals surface area contributed by atoms with Gasteiger partial charge in [0.25, 0.3) is 0 Å². The molecule has 38 heavy (non-hydrogen) atoms. The van der Waals surface area contributed by atoms with Gasteiger partial charge in [-0.2, -0.15) is 48.0 Å². The van der Waals surface area contributed by atoms with Gasteiger partial charge in [-0.15, -0.1) is 5.56 Å². The monoisotopic (exact) mass is 688 g/mol. The van der Waals surface area contributed by atoms with Crippen LogP contribution < -0.4 is 0 Å². The van der Waals surface area contributed by atoms with Gasteiger partial charge in [0, 0.05) is 39.3 Å². The van der Waals surface area contributed by atoms with Gasteiger partial charge in [-0.05, 0) is 38.1 Å². The summed E-state index contributed by atoms with van der Waals surface area (Å²) < 4.78 is 29.0. The first-order valence-electron chi connectivity index (χ1n) is 12.1. The van der Waals surface area contributed by atoms with Gasteiger partial charge in [0.1, 0.15) is 5.69 Å². The van der Waals surface area contributed by atoms with E-state index in [1.54, 1.807) is 13.8 Å². The third-order valence-corrected chi connectivity index (χ3v) is 7.18. The van der Waals surface area contributed by atoms with Crippen LogP contribution in [0.4, 0.5) is 14.5 Å². The third kappa shape index (κ3) is 5.20. The number of hydrogen-bond donors (Lipinski definition) is 0. The van der Waals surface area contributed by atoms with Crippen LogP contribution in [0.5, 0.6) is 0 Å². The molecule has 0 spiro atoms. The van der Waals surface area contributed by atoms with Crippen LogP contribution in [-0.2, 0) is 37.3 Å². The molecule has 196 valence electrons. The Bertz CT molecular complexity index is 1490. The van der Waals surface area contributed by atoms with E-state index < -0.39 is 28.2 Å². The Morgan fingerprint density at radius 1 is 0.711 bits per heavy atom. The summed E-state index contributed by atoms with van der Waals surface area (Å²) in [6.45, 7) is 19.1. The maximum Gasteiger partial charge on any atom is 2.00 e. The van der Waals surface area contributed by atoms with Gasteiger partial charge in [-0.1, -0.05) is 39.8 Å². The van der Waals surface area contributed by atoms with E-state index >= 15 is 4.39 Å². The molecule has 0 fully saturated rings. The molecule has 0 saturated carbocycles. The van der Waals surface area contributed by atoms with Crippen molar-refractivity contribution in [2.45, 2.75) is 57.8 Å². The zero-order valence-electron chi connectivity index (χ0n) is 22.3. The Morgan fingerprint density at radius 2 is 1.24 bits per heavy atom. The largest absolute Gasteiger partial charge is 2.00 e. The third-order valence-electron chi connectivity index (χ3n) is 7.18. The number of rotatable bonds is 6. The SMILES string of the molecule is [C-]#[N+]c1c(F)c[c-]c(C(C)(C)c2cccc(C(C)(C)c3cccc(C(C)(C)c4[c-]cccc4)n3)n2)c1F.[Pt+2]. The summed E-state index contributed by atoms with van der Waals surface area (Å²) in [6, 6.07) is 26.6. The Labute approximate surface area is 238 Å². The van der Waals surface area contributed by atoms with Gasteiger partial charge in [0.2, 0.25) is 0 Å². The zero-order chi connectivity index (χ0) is 27.0. The molecule has 0 N–H and O–H groups in total. The number of benzene rings is 2. The molecular weight excluding hydrogens is 659 g/mol. The number of aromatic nitrogens is 2. The van der Waals surface area contributed by atoms with Crippen LogP contribution >= 0.6 is 0 Å². The van der Waals surface area contributed by atoms with Gasteiger partial charge < -0.3 is 0 Å². The minimum absolute atomic E-state index is 0. The minimum atomic E-state index is -0.955. The molecule has 0 aliphatic carbocycles. The Kier molecular flexibility index (Phi) is 8.39. The fourth-order valence-electron chi connectivity index (χ4n) is 4.49. The molecule has 2 heterocycles. The van der Waals surface area contributed by atoms with Crippen molar-refractivity contribution >= 4 is 5.69 Å². The summed E-state index contributed by atoms with van der Waals surface area (Å²) in [5.41, 5.74) is 1.79. The number of halogens is 2. The summed E-state index contributed by atoms with van der Waals surface area (Å²) in [5, 5.41) is 0. The van der Waals surface area contributed by atoms with E-state index in [9.17, 15) is 4.39 Å². The van der Waals surface area contributed by atoms with Gasteiger partial charge in [-0.25, -0.2) is 0 Å². The van der Waals surface area contributed by atoms with E-state index in [2.05, 4.69) is 50.7 Å². The maximum atomic E-state index is 15.1. The van der Waals surface area contributed by atoms with Crippen LogP contribution in [-0.4, -0.2) is 9.97 Å². The minimum Gasteiger partial charge on any atom is -0.297 e. The van der Waals surface area contributed by atoms with Crippen LogP contribution in [0.15, 0.2) is 66.7 Å². The molecule has 0 aliphatic rings. The Balaban J connectivity index is 0.00000400. The average molecular weight is 689 g/mol. The molecule has 0 radical (unpaired) electrons. The molecule has 2 aromatic heterocycles. The van der Waals surface area contributed by atoms with Crippen LogP contribution in [0, 0.1) is 30.3 Å². The molecule has 0 saturated heterocycles. The van der Waals surface area contributed by atoms with E-state index in [0.717, 1.165) is 28.7 Å². The fourth-order valence-corrected chi connectivity index (χ4v) is 4.49. The van der Waals surface area contributed by atoms with Crippen molar-refractivity contribution in [3.8, 4) is 0 Å². The predicted octanol–water partition coefficient (Wildman–Crippen LogP) is 7.88. The first-order chi connectivity index (χ1) is 17.4. The van der Waals surface area contributed by atoms with Crippen molar-refractivity contribution in [2.24, 2.45) is 0 Å². The second-order valence-electron chi connectivity index (χ2n) is 10.8. The second-order valence-corrected chi connectivity index (χ2v) is 10.8. The summed E-state index contributed by atoms with van der Waals surface area (Å²) in [5.74, 6) is -1.82. The molecule has 4 aromatic rings. The molecule has 0 aliphatic heterocycles. The van der Waals surface area contributed by atoms with Crippen molar-refractivity contribution in [1.82, 2.24) is 9.97 Å². The molecule has 0 bridgehead atoms. The van der Waals surface area contributed by atoms with Gasteiger partial charge in [0.15, 0.2) is 0 Å². The smallest absolute Gasteiger partial charge is 0.297 e. The molecule has 3 nitrogen and oxygen atoms in total. The Hall–Kier alpha value is -3.22. The van der Waals surface area contributed by atoms with Crippen LogP contribution in [0.3, 0.4) is 0 Å². The number of hydrogen-bond acceptors (Lipinski definition) is 2. The van der Waals surface area contributed by atoms with Crippen LogP contribution in [0.2, 0.25) is 0 Å². The van der Waals surface area contributed by atoms with Crippen molar-refractivity contribution in [3.63, 3.8) is 0 Å². The molecule has 4 rings (SSSR count). The van der Waals surface area contributed by atoms with Crippen molar-refractivity contribution in [3.05, 3.63) is 136 Å². The van der Waals surface area contributed by atoms with Crippen LogP contribution in [0.1, 0.15) is 75.4 Å². The van der Waals surface area contributed by atoms with Crippen LogP contribution in [0.25, 0.3) is 4.85 Å². The summed E-state index contributed by atoms with van der Waals surface area (Å²) in [6.07, 6.45) is 0. The standard InChI is InChI=1S/C32H29F2N3.Pt/c1-30(2,21-13-9-8-10-14-21)24-15-11-17-26(36-24)32(5,6)27-18-12-16-25(37-27)31(3,4)22-19-20-23(33)29(35-7)28(22)34;/h8-13,15-18,20H,1-6H3;/q-2;+2. The predicted molar refractivity (Wildman–Crippen MR) is 142 cm³/mol. The molecule has 6 heteroatoms. The van der Waals surface area contributed by atoms with E-state index in [1.165, 1.54) is 0 Å². The fraction of sp³-hybridized carbons (Fsp3) is 0.281. The van der Waals surface area contributed by atoms with Gasteiger partial charge in [-0.3, -0.25) is 23.6 Å². The number of pyridine rings is 2. The summed E-state index contributed by atoms with van der Waals surface area (Å²) in [4.78, 5) is 13.0. The topological polar surface area (TPSA) is 30.1 Å². The van der Waals surface area contributed by atoms with Gasteiger partial charge in [0.05, 0.1) is 18.0 Å². The van der Waals surface area contributed by atoms with E-state index in [1.807, 2.05) is 54.6 Å². The second kappa shape index (κ2) is 10.9. The first kappa shape index (κ1) is 29.3. The summed E-state index contributed by atoms with van der Waals surface area (Å²) in [7, 11) is 0. The molecule has 2 aromatic carbocycles. The normalized spacial score (nSPS) is 12.0. The first-order valence-corrected chi connectivity index (χ1v) is 12.1. The maximum absolute atomic E-state index is 15.1. The molecule has 0 amide bonds. The van der Waals surface area contributed by atoms with Crippen molar-refractivity contribution < 1.29 is 29.8 Å². The summed E-state index contributed by atoms with van der Waals surface area (Å²) >= 11 is 0. The quantitative estimate of drug-likeness (QED) is 0.193. The number of nitrogens with zero attached hydrogens (tertiary/aromatic N) is 3. The van der Waals surface area contributed by atoms with Crippen molar-refractivity contribution in [2.75, 3.05) is 0 Å². The van der Waals surface area contributed by atoms with E-state index in [4.69, 9.17) is 16.5 Å². The molecule has 0 unspecified atom stereocenters. The van der Waals surface area contributed by atoms with E-state index in [-0.39, 0.29) is 32.0 Å².